The van der Waals surface area contributed by atoms with E-state index in [-0.39, 0.29) is 6.04 Å². The van der Waals surface area contributed by atoms with Crippen LogP contribution in [0.4, 0.5) is 17.1 Å². The number of aliphatic imine (C=N–C) groups is 1. The maximum absolute atomic E-state index is 5.20. The third kappa shape index (κ3) is 5.70. The molecule has 292 valence electrons. The van der Waals surface area contributed by atoms with E-state index in [1.807, 2.05) is 24.3 Å². The fourth-order valence-electron chi connectivity index (χ4n) is 10.1. The number of hydrogen-bond acceptors (Lipinski definition) is 2. The van der Waals surface area contributed by atoms with E-state index in [0.29, 0.717) is 0 Å². The summed E-state index contributed by atoms with van der Waals surface area (Å²) in [5.41, 5.74) is 19.7. The Bertz CT molecular complexity index is 3170. The summed E-state index contributed by atoms with van der Waals surface area (Å²) in [5, 5.41) is 5.20. The van der Waals surface area contributed by atoms with Gasteiger partial charge in [-0.1, -0.05) is 206 Å². The summed E-state index contributed by atoms with van der Waals surface area (Å²) in [4.78, 5) is 7.47. The number of fused-ring (bicyclic) bond motifs is 9. The van der Waals surface area contributed by atoms with Gasteiger partial charge >= 0.3 is 0 Å². The zero-order chi connectivity index (χ0) is 41.0. The van der Waals surface area contributed by atoms with Gasteiger partial charge in [-0.3, -0.25) is 0 Å². The summed E-state index contributed by atoms with van der Waals surface area (Å²) in [7, 11) is 0. The van der Waals surface area contributed by atoms with Crippen molar-refractivity contribution in [3.05, 3.63) is 281 Å². The predicted octanol–water partition coefficient (Wildman–Crippen LogP) is 15.1. The van der Waals surface area contributed by atoms with E-state index in [9.17, 15) is 0 Å². The van der Waals surface area contributed by atoms with Crippen molar-refractivity contribution >= 4 is 28.6 Å². The lowest BCUT2D eigenvalue weighted by atomic mass is 9.64. The molecule has 62 heavy (non-hydrogen) atoms. The van der Waals surface area contributed by atoms with E-state index in [0.717, 1.165) is 45.0 Å². The Kier molecular flexibility index (Phi) is 8.46. The lowest BCUT2D eigenvalue weighted by Gasteiger charge is -2.45. The smallest absolute Gasteiger partial charge is 0.0754 e. The van der Waals surface area contributed by atoms with E-state index in [2.05, 4.69) is 217 Å². The van der Waals surface area contributed by atoms with Crippen LogP contribution >= 0.6 is 0 Å². The highest BCUT2D eigenvalue weighted by Crippen LogP contribution is 2.63. The SMILES string of the molecule is C1=C(c2ccccc2)N=C(c2ccccc2)[N-]C1c1cccc(-c2cccc(-c3ccc4c(c3)-c3ccccc3C43c4ccccc4N(c4ccccc4)c4ccccc43)c2)c1. The lowest BCUT2D eigenvalue weighted by Crippen LogP contribution is -2.36. The molecular formula is C59H40N3-. The van der Waals surface area contributed by atoms with Crippen LogP contribution in [0.15, 0.2) is 242 Å². The molecule has 0 saturated carbocycles. The van der Waals surface area contributed by atoms with Crippen molar-refractivity contribution in [1.82, 2.24) is 0 Å². The number of benzene rings is 9. The molecule has 12 rings (SSSR count). The number of para-hydroxylation sites is 3. The van der Waals surface area contributed by atoms with Crippen LogP contribution in [0.1, 0.15) is 45.0 Å². The van der Waals surface area contributed by atoms with E-state index in [1.54, 1.807) is 0 Å². The first-order valence-electron chi connectivity index (χ1n) is 21.4. The average Bonchev–Trinajstić information content (AvgIpc) is 3.65. The van der Waals surface area contributed by atoms with Gasteiger partial charge in [0.15, 0.2) is 0 Å². The molecule has 2 aliphatic heterocycles. The van der Waals surface area contributed by atoms with Crippen LogP contribution in [0.2, 0.25) is 0 Å². The van der Waals surface area contributed by atoms with E-state index in [4.69, 9.17) is 10.3 Å². The minimum atomic E-state index is -0.477. The van der Waals surface area contributed by atoms with Crippen LogP contribution in [0.5, 0.6) is 0 Å². The highest BCUT2D eigenvalue weighted by Gasteiger charge is 2.51. The maximum atomic E-state index is 5.20. The Morgan fingerprint density at radius 1 is 0.387 bits per heavy atom. The minimum Gasteiger partial charge on any atom is -0.454 e. The fraction of sp³-hybridized carbons (Fsp3) is 0.0339. The predicted molar refractivity (Wildman–Crippen MR) is 256 cm³/mol. The third-order valence-electron chi connectivity index (χ3n) is 12.8. The molecule has 0 saturated heterocycles. The van der Waals surface area contributed by atoms with Gasteiger partial charge in [0.2, 0.25) is 0 Å². The molecule has 3 aliphatic rings. The Morgan fingerprint density at radius 3 is 1.60 bits per heavy atom. The molecule has 1 aliphatic carbocycles. The molecule has 0 N–H and O–H groups in total. The zero-order valence-corrected chi connectivity index (χ0v) is 33.9. The van der Waals surface area contributed by atoms with Crippen molar-refractivity contribution in [2.75, 3.05) is 4.90 Å². The second-order valence-electron chi connectivity index (χ2n) is 16.3. The van der Waals surface area contributed by atoms with Gasteiger partial charge in [-0.25, -0.2) is 0 Å². The van der Waals surface area contributed by atoms with Gasteiger partial charge in [0.1, 0.15) is 0 Å². The average molecular weight is 791 g/mol. The number of anilines is 3. The van der Waals surface area contributed by atoms with Crippen molar-refractivity contribution in [2.45, 2.75) is 11.5 Å². The fourth-order valence-corrected chi connectivity index (χ4v) is 10.1. The molecule has 0 radical (unpaired) electrons. The lowest BCUT2D eigenvalue weighted by molar-refractivity contribution is 0.753. The highest BCUT2D eigenvalue weighted by atomic mass is 15.2. The number of rotatable bonds is 6. The monoisotopic (exact) mass is 790 g/mol. The number of amidine groups is 1. The third-order valence-corrected chi connectivity index (χ3v) is 12.8. The quantitative estimate of drug-likeness (QED) is 0.165. The van der Waals surface area contributed by atoms with E-state index in [1.165, 1.54) is 55.9 Å². The highest BCUT2D eigenvalue weighted by molar-refractivity contribution is 6.12. The first-order valence-corrected chi connectivity index (χ1v) is 21.4. The second kappa shape index (κ2) is 14.6. The molecule has 0 amide bonds. The standard InChI is InChI=1S/C59H40N3/c1-4-18-40(19-5-1)54-39-55(61-58(60-54)41-20-6-2-7-21-41)46-25-17-24-44(37-46)42-22-16-23-43(36-42)45-34-35-51-49(38-45)48-28-10-11-29-50(48)59(51)52-30-12-14-32-56(52)62(47-26-8-3-9-27-47)57-33-15-13-31-53(57)59/h1-39,55H/q-1. The molecule has 1 spiro atoms. The largest absolute Gasteiger partial charge is 0.454 e. The van der Waals surface area contributed by atoms with Gasteiger partial charge < -0.3 is 15.2 Å². The Balaban J connectivity index is 0.944. The molecule has 9 aromatic carbocycles. The summed E-state index contributed by atoms with van der Waals surface area (Å²) < 4.78 is 0. The molecule has 3 nitrogen and oxygen atoms in total. The van der Waals surface area contributed by atoms with Crippen molar-refractivity contribution in [3.8, 4) is 33.4 Å². The van der Waals surface area contributed by atoms with Gasteiger partial charge in [-0.15, -0.1) is 0 Å². The Labute approximate surface area is 362 Å². The van der Waals surface area contributed by atoms with Crippen LogP contribution < -0.4 is 4.90 Å². The van der Waals surface area contributed by atoms with Crippen molar-refractivity contribution < 1.29 is 0 Å². The topological polar surface area (TPSA) is 29.7 Å². The molecular weight excluding hydrogens is 751 g/mol. The van der Waals surface area contributed by atoms with Gasteiger partial charge in [0.05, 0.1) is 16.8 Å². The Morgan fingerprint density at radius 2 is 0.903 bits per heavy atom. The van der Waals surface area contributed by atoms with Crippen LogP contribution in [0, 0.1) is 0 Å². The zero-order valence-electron chi connectivity index (χ0n) is 33.9. The number of nitrogens with zero attached hydrogens (tertiary/aromatic N) is 3. The summed E-state index contributed by atoms with van der Waals surface area (Å²) in [5.74, 6) is 0.748. The normalized spacial score (nSPS) is 15.4. The van der Waals surface area contributed by atoms with Gasteiger partial charge in [-0.2, -0.15) is 0 Å². The second-order valence-corrected chi connectivity index (χ2v) is 16.3. The van der Waals surface area contributed by atoms with Crippen LogP contribution in [0.3, 0.4) is 0 Å². The van der Waals surface area contributed by atoms with E-state index >= 15 is 0 Å². The van der Waals surface area contributed by atoms with Crippen LogP contribution in [-0.4, -0.2) is 5.84 Å². The molecule has 1 atom stereocenters. The molecule has 0 aromatic heterocycles. The molecule has 1 unspecified atom stereocenters. The first-order chi connectivity index (χ1) is 30.7. The van der Waals surface area contributed by atoms with Crippen LogP contribution in [-0.2, 0) is 5.41 Å². The summed E-state index contributed by atoms with van der Waals surface area (Å²) >= 11 is 0. The maximum Gasteiger partial charge on any atom is 0.0754 e. The van der Waals surface area contributed by atoms with Gasteiger partial charge in [0, 0.05) is 11.7 Å². The van der Waals surface area contributed by atoms with Gasteiger partial charge in [0.25, 0.3) is 0 Å². The Hall–Kier alpha value is -8.01. The summed E-state index contributed by atoms with van der Waals surface area (Å²) in [6.07, 6.45) is 2.19. The molecule has 2 heterocycles. The molecule has 0 bridgehead atoms. The van der Waals surface area contributed by atoms with Crippen molar-refractivity contribution in [3.63, 3.8) is 0 Å². The summed E-state index contributed by atoms with van der Waals surface area (Å²) in [6.45, 7) is 0. The molecule has 3 heteroatoms. The van der Waals surface area contributed by atoms with Crippen molar-refractivity contribution in [1.29, 1.82) is 0 Å². The van der Waals surface area contributed by atoms with Gasteiger partial charge in [-0.05, 0) is 114 Å². The number of hydrogen-bond donors (Lipinski definition) is 0. The summed E-state index contributed by atoms with van der Waals surface area (Å²) in [6, 6.07) is 83.3. The van der Waals surface area contributed by atoms with Crippen LogP contribution in [0.25, 0.3) is 44.4 Å². The molecule has 9 aromatic rings. The molecule has 0 fully saturated rings. The minimum absolute atomic E-state index is 0.181. The van der Waals surface area contributed by atoms with E-state index < -0.39 is 5.41 Å². The first kappa shape index (κ1) is 35.9. The van der Waals surface area contributed by atoms with Crippen molar-refractivity contribution in [2.24, 2.45) is 4.99 Å².